The molecule has 1 aliphatic heterocycles. The molecule has 1 aromatic heterocycles. The first kappa shape index (κ1) is 16.5. The Balaban J connectivity index is 1.61. The van der Waals surface area contributed by atoms with Crippen LogP contribution in [0, 0.1) is 0 Å². The molecule has 2 amide bonds. The molecule has 6 heteroatoms. The third kappa shape index (κ3) is 3.76. The number of methoxy groups -OCH3 is 1. The molecular weight excluding hydrogens is 324 g/mol. The summed E-state index contributed by atoms with van der Waals surface area (Å²) in [6.07, 6.45) is 1.77. The molecule has 0 spiro atoms. The van der Waals surface area contributed by atoms with Crippen molar-refractivity contribution in [3.05, 3.63) is 52.2 Å². The monoisotopic (exact) mass is 344 g/mol. The van der Waals surface area contributed by atoms with E-state index in [1.807, 2.05) is 35.2 Å². The summed E-state index contributed by atoms with van der Waals surface area (Å²) >= 11 is 1.36. The van der Waals surface area contributed by atoms with Crippen molar-refractivity contribution in [3.8, 4) is 5.75 Å². The van der Waals surface area contributed by atoms with Crippen molar-refractivity contribution in [2.45, 2.75) is 18.9 Å². The maximum Gasteiger partial charge on any atom is 0.261 e. The highest BCUT2D eigenvalue weighted by Gasteiger charge is 2.26. The number of amides is 2. The zero-order valence-corrected chi connectivity index (χ0v) is 14.3. The van der Waals surface area contributed by atoms with Gasteiger partial charge in [0.2, 0.25) is 0 Å². The number of hydrogen-bond donors (Lipinski definition) is 1. The molecule has 24 heavy (non-hydrogen) atoms. The maximum atomic E-state index is 12.5. The highest BCUT2D eigenvalue weighted by Crippen LogP contribution is 2.21. The summed E-state index contributed by atoms with van der Waals surface area (Å²) in [5, 5.41) is 4.84. The van der Waals surface area contributed by atoms with E-state index in [-0.39, 0.29) is 17.9 Å². The lowest BCUT2D eigenvalue weighted by Crippen LogP contribution is -2.49. The minimum absolute atomic E-state index is 0.0207. The topological polar surface area (TPSA) is 58.6 Å². The second-order valence-electron chi connectivity index (χ2n) is 5.78. The van der Waals surface area contributed by atoms with E-state index in [2.05, 4.69) is 5.32 Å². The van der Waals surface area contributed by atoms with E-state index in [1.165, 1.54) is 11.3 Å². The van der Waals surface area contributed by atoms with Crippen LogP contribution in [0.3, 0.4) is 0 Å². The summed E-state index contributed by atoms with van der Waals surface area (Å²) < 4.78 is 5.11. The SMILES string of the molecule is COc1csc(C(=O)N[C@@H]2CCCN(C(=O)c3ccccc3)C2)c1. The summed E-state index contributed by atoms with van der Waals surface area (Å²) in [7, 11) is 1.58. The van der Waals surface area contributed by atoms with Crippen LogP contribution in [0.25, 0.3) is 0 Å². The number of hydrogen-bond acceptors (Lipinski definition) is 4. The lowest BCUT2D eigenvalue weighted by molar-refractivity contribution is 0.0676. The lowest BCUT2D eigenvalue weighted by atomic mass is 10.0. The van der Waals surface area contributed by atoms with Gasteiger partial charge in [0.25, 0.3) is 11.8 Å². The average molecular weight is 344 g/mol. The van der Waals surface area contributed by atoms with Gasteiger partial charge in [0.1, 0.15) is 5.75 Å². The van der Waals surface area contributed by atoms with Crippen molar-refractivity contribution in [2.24, 2.45) is 0 Å². The van der Waals surface area contributed by atoms with Crippen LogP contribution in [0.2, 0.25) is 0 Å². The van der Waals surface area contributed by atoms with Gasteiger partial charge in [-0.15, -0.1) is 11.3 Å². The Morgan fingerprint density at radius 3 is 2.79 bits per heavy atom. The number of rotatable bonds is 4. The molecule has 1 aromatic carbocycles. The molecule has 0 bridgehead atoms. The number of carbonyl (C=O) groups is 2. The summed E-state index contributed by atoms with van der Waals surface area (Å²) in [5.41, 5.74) is 0.687. The van der Waals surface area contributed by atoms with Crippen LogP contribution < -0.4 is 10.1 Å². The number of piperidine rings is 1. The van der Waals surface area contributed by atoms with Crippen LogP contribution in [0.4, 0.5) is 0 Å². The second kappa shape index (κ2) is 7.49. The Bertz CT molecular complexity index is 714. The minimum Gasteiger partial charge on any atom is -0.496 e. The highest BCUT2D eigenvalue weighted by atomic mass is 32.1. The number of benzene rings is 1. The van der Waals surface area contributed by atoms with Gasteiger partial charge in [-0.05, 0) is 25.0 Å². The van der Waals surface area contributed by atoms with Gasteiger partial charge in [-0.3, -0.25) is 9.59 Å². The Labute approximate surface area is 145 Å². The van der Waals surface area contributed by atoms with Crippen molar-refractivity contribution >= 4 is 23.2 Å². The van der Waals surface area contributed by atoms with Gasteiger partial charge >= 0.3 is 0 Å². The molecule has 1 atom stereocenters. The first-order valence-corrected chi connectivity index (χ1v) is 8.83. The molecule has 1 aliphatic rings. The van der Waals surface area contributed by atoms with E-state index in [0.717, 1.165) is 19.4 Å². The third-order valence-electron chi connectivity index (χ3n) is 4.10. The molecule has 1 saturated heterocycles. The van der Waals surface area contributed by atoms with Gasteiger partial charge in [0, 0.05) is 36.1 Å². The Kier molecular flexibility index (Phi) is 5.15. The van der Waals surface area contributed by atoms with Gasteiger partial charge in [0.15, 0.2) is 0 Å². The quantitative estimate of drug-likeness (QED) is 0.928. The Hall–Kier alpha value is -2.34. The normalized spacial score (nSPS) is 17.4. The fourth-order valence-electron chi connectivity index (χ4n) is 2.84. The van der Waals surface area contributed by atoms with E-state index in [0.29, 0.717) is 22.7 Å². The molecule has 0 unspecified atom stereocenters. The summed E-state index contributed by atoms with van der Waals surface area (Å²) in [6, 6.07) is 11.0. The summed E-state index contributed by atoms with van der Waals surface area (Å²) in [6.45, 7) is 1.27. The molecule has 2 heterocycles. The van der Waals surface area contributed by atoms with Crippen LogP contribution in [-0.4, -0.2) is 43.0 Å². The summed E-state index contributed by atoms with van der Waals surface area (Å²) in [4.78, 5) is 27.3. The fraction of sp³-hybridized carbons (Fsp3) is 0.333. The van der Waals surface area contributed by atoms with Crippen LogP contribution in [-0.2, 0) is 0 Å². The standard InChI is InChI=1S/C18H20N2O3S/c1-23-15-10-16(24-12-15)17(21)19-14-8-5-9-20(11-14)18(22)13-6-3-2-4-7-13/h2-4,6-7,10,12,14H,5,8-9,11H2,1H3,(H,19,21)/t14-/m1/s1. The second-order valence-corrected chi connectivity index (χ2v) is 6.69. The zero-order chi connectivity index (χ0) is 16.9. The fourth-order valence-corrected chi connectivity index (χ4v) is 3.60. The van der Waals surface area contributed by atoms with Crippen LogP contribution in [0.15, 0.2) is 41.8 Å². The smallest absolute Gasteiger partial charge is 0.261 e. The molecule has 126 valence electrons. The number of likely N-dealkylation sites (tertiary alicyclic amines) is 1. The minimum atomic E-state index is -0.109. The van der Waals surface area contributed by atoms with Crippen molar-refractivity contribution in [2.75, 3.05) is 20.2 Å². The van der Waals surface area contributed by atoms with Crippen LogP contribution in [0.5, 0.6) is 5.75 Å². The number of nitrogens with one attached hydrogen (secondary N) is 1. The average Bonchev–Trinajstić information content (AvgIpc) is 3.11. The molecule has 0 radical (unpaired) electrons. The van der Waals surface area contributed by atoms with Crippen molar-refractivity contribution in [1.82, 2.24) is 10.2 Å². The molecule has 3 rings (SSSR count). The third-order valence-corrected chi connectivity index (χ3v) is 5.01. The van der Waals surface area contributed by atoms with Gasteiger partial charge < -0.3 is 15.0 Å². The molecule has 5 nitrogen and oxygen atoms in total. The number of carbonyl (C=O) groups excluding carboxylic acids is 2. The number of thiophene rings is 1. The van der Waals surface area contributed by atoms with Gasteiger partial charge in [-0.25, -0.2) is 0 Å². The van der Waals surface area contributed by atoms with E-state index in [1.54, 1.807) is 18.6 Å². The summed E-state index contributed by atoms with van der Waals surface area (Å²) in [5.74, 6) is 0.601. The van der Waals surface area contributed by atoms with E-state index in [4.69, 9.17) is 4.74 Å². The largest absolute Gasteiger partial charge is 0.496 e. The zero-order valence-electron chi connectivity index (χ0n) is 13.5. The number of ether oxygens (including phenoxy) is 1. The molecule has 1 N–H and O–H groups in total. The predicted octanol–water partition coefficient (Wildman–Crippen LogP) is 2.79. The van der Waals surface area contributed by atoms with E-state index in [9.17, 15) is 9.59 Å². The lowest BCUT2D eigenvalue weighted by Gasteiger charge is -2.33. The van der Waals surface area contributed by atoms with E-state index < -0.39 is 0 Å². The molecule has 0 aliphatic carbocycles. The Morgan fingerprint density at radius 1 is 1.29 bits per heavy atom. The van der Waals surface area contributed by atoms with Crippen molar-refractivity contribution in [3.63, 3.8) is 0 Å². The van der Waals surface area contributed by atoms with Gasteiger partial charge in [-0.1, -0.05) is 18.2 Å². The molecule has 0 saturated carbocycles. The molecule has 2 aromatic rings. The molecular formula is C18H20N2O3S. The molecule has 1 fully saturated rings. The van der Waals surface area contributed by atoms with Crippen LogP contribution >= 0.6 is 11.3 Å². The Morgan fingerprint density at radius 2 is 2.08 bits per heavy atom. The van der Waals surface area contributed by atoms with Crippen molar-refractivity contribution in [1.29, 1.82) is 0 Å². The first-order valence-electron chi connectivity index (χ1n) is 7.95. The van der Waals surface area contributed by atoms with Gasteiger partial charge in [-0.2, -0.15) is 0 Å². The highest BCUT2D eigenvalue weighted by molar-refractivity contribution is 7.12. The van der Waals surface area contributed by atoms with Crippen molar-refractivity contribution < 1.29 is 14.3 Å². The number of nitrogens with zero attached hydrogens (tertiary/aromatic N) is 1. The van der Waals surface area contributed by atoms with Crippen LogP contribution in [0.1, 0.15) is 32.9 Å². The van der Waals surface area contributed by atoms with Gasteiger partial charge in [0.05, 0.1) is 12.0 Å². The first-order chi connectivity index (χ1) is 11.7. The maximum absolute atomic E-state index is 12.5. The van der Waals surface area contributed by atoms with E-state index >= 15 is 0 Å². The predicted molar refractivity (Wildman–Crippen MR) is 93.7 cm³/mol.